The van der Waals surface area contributed by atoms with Gasteiger partial charge in [-0.1, -0.05) is 71.9 Å². The van der Waals surface area contributed by atoms with Crippen molar-refractivity contribution >= 4 is 28.5 Å². The number of thioether (sulfide) groups is 1. The van der Waals surface area contributed by atoms with Gasteiger partial charge in [-0.05, 0) is 55.5 Å². The summed E-state index contributed by atoms with van der Waals surface area (Å²) in [6, 6.07) is 25.5. The van der Waals surface area contributed by atoms with Crippen molar-refractivity contribution in [1.82, 2.24) is 5.01 Å². The molecule has 158 valence electrons. The molecule has 1 atom stereocenters. The molecule has 1 aliphatic heterocycles. The lowest BCUT2D eigenvalue weighted by Crippen LogP contribution is -2.42. The monoisotopic (exact) mass is 431 g/mol. The largest absolute Gasteiger partial charge is 0.489 e. The minimum atomic E-state index is -0.991. The van der Waals surface area contributed by atoms with Gasteiger partial charge in [-0.2, -0.15) is 5.01 Å². The van der Waals surface area contributed by atoms with Crippen molar-refractivity contribution in [2.24, 2.45) is 4.99 Å². The number of hydrogen-bond donors (Lipinski definition) is 1. The van der Waals surface area contributed by atoms with E-state index < -0.39 is 5.54 Å². The zero-order chi connectivity index (χ0) is 21.8. The predicted molar refractivity (Wildman–Crippen MR) is 127 cm³/mol. The number of aryl methyl sites for hydroxylation is 1. The number of rotatable bonds is 6. The number of benzene rings is 3. The van der Waals surface area contributed by atoms with E-state index in [0.29, 0.717) is 11.8 Å². The van der Waals surface area contributed by atoms with Crippen LogP contribution in [0.1, 0.15) is 23.6 Å². The number of nitrogens with zero attached hydrogens (tertiary/aromatic N) is 2. The number of ether oxygens (including phenoxy) is 1. The van der Waals surface area contributed by atoms with E-state index in [1.54, 1.807) is 0 Å². The van der Waals surface area contributed by atoms with Crippen molar-refractivity contribution in [2.75, 3.05) is 11.7 Å². The summed E-state index contributed by atoms with van der Waals surface area (Å²) in [4.78, 5) is 18.1. The van der Waals surface area contributed by atoms with Gasteiger partial charge in [0.15, 0.2) is 10.7 Å². The lowest BCUT2D eigenvalue weighted by atomic mass is 9.92. The van der Waals surface area contributed by atoms with Crippen LogP contribution >= 0.6 is 11.8 Å². The normalized spacial score (nSPS) is 18.1. The summed E-state index contributed by atoms with van der Waals surface area (Å²) >= 11 is 1.44. The standard InChI is InChI=1S/C25H25N3O2S/c1-18-8-7-9-19(16-18)17-30-22-14-12-20(13-15-22)25(2)23(29)28(24(26-25)31-3)27-21-10-5-4-6-11-21/h4-16,27H,17H2,1-3H3. The maximum atomic E-state index is 13.3. The molecule has 0 saturated heterocycles. The number of hydrogen-bond acceptors (Lipinski definition) is 5. The lowest BCUT2D eigenvalue weighted by Gasteiger charge is -2.24. The second-order valence-corrected chi connectivity index (χ2v) is 8.36. The first-order valence-electron chi connectivity index (χ1n) is 10.1. The van der Waals surface area contributed by atoms with Crippen LogP contribution in [0.25, 0.3) is 0 Å². The Morgan fingerprint density at radius 2 is 1.77 bits per heavy atom. The minimum absolute atomic E-state index is 0.117. The Labute approximate surface area is 187 Å². The van der Waals surface area contributed by atoms with E-state index in [-0.39, 0.29) is 5.91 Å². The fourth-order valence-corrected chi connectivity index (χ4v) is 4.09. The number of carbonyl (C=O) groups excluding carboxylic acids is 1. The molecule has 1 amide bonds. The Morgan fingerprint density at radius 3 is 2.45 bits per heavy atom. The molecule has 0 aliphatic carbocycles. The van der Waals surface area contributed by atoms with E-state index >= 15 is 0 Å². The number of amides is 1. The highest BCUT2D eigenvalue weighted by molar-refractivity contribution is 8.13. The quantitative estimate of drug-likeness (QED) is 0.569. The van der Waals surface area contributed by atoms with Crippen LogP contribution in [0.3, 0.4) is 0 Å². The van der Waals surface area contributed by atoms with Crippen molar-refractivity contribution in [3.63, 3.8) is 0 Å². The van der Waals surface area contributed by atoms with Gasteiger partial charge in [0.1, 0.15) is 12.4 Å². The van der Waals surface area contributed by atoms with Crippen LogP contribution in [0.4, 0.5) is 5.69 Å². The van der Waals surface area contributed by atoms with Crippen LogP contribution in [0.5, 0.6) is 5.75 Å². The highest BCUT2D eigenvalue weighted by Crippen LogP contribution is 2.36. The van der Waals surface area contributed by atoms with Crippen LogP contribution in [0.2, 0.25) is 0 Å². The fourth-order valence-electron chi connectivity index (χ4n) is 3.50. The van der Waals surface area contributed by atoms with E-state index in [0.717, 1.165) is 22.6 Å². The fraction of sp³-hybridized carbons (Fsp3) is 0.200. The van der Waals surface area contributed by atoms with Crippen molar-refractivity contribution in [3.8, 4) is 5.75 Å². The molecule has 1 heterocycles. The molecule has 1 aliphatic rings. The Balaban J connectivity index is 1.50. The Kier molecular flexibility index (Phi) is 6.00. The molecule has 1 N–H and O–H groups in total. The maximum Gasteiger partial charge on any atom is 0.279 e. The van der Waals surface area contributed by atoms with Gasteiger partial charge in [-0.25, -0.2) is 4.99 Å². The Bertz CT molecular complexity index is 1100. The molecule has 0 radical (unpaired) electrons. The molecule has 0 saturated carbocycles. The third kappa shape index (κ3) is 4.44. The van der Waals surface area contributed by atoms with Crippen LogP contribution in [-0.4, -0.2) is 22.3 Å². The Morgan fingerprint density at radius 1 is 1.03 bits per heavy atom. The van der Waals surface area contributed by atoms with Crippen molar-refractivity contribution in [3.05, 3.63) is 95.6 Å². The number of hydrazine groups is 1. The molecule has 3 aromatic carbocycles. The van der Waals surface area contributed by atoms with Gasteiger partial charge in [0.2, 0.25) is 0 Å². The lowest BCUT2D eigenvalue weighted by molar-refractivity contribution is -0.129. The summed E-state index contributed by atoms with van der Waals surface area (Å²) in [5.41, 5.74) is 6.18. The van der Waals surface area contributed by atoms with Gasteiger partial charge in [0.05, 0.1) is 5.69 Å². The van der Waals surface area contributed by atoms with Gasteiger partial charge in [-0.15, -0.1) is 0 Å². The highest BCUT2D eigenvalue weighted by atomic mass is 32.2. The minimum Gasteiger partial charge on any atom is -0.489 e. The molecule has 0 aromatic heterocycles. The van der Waals surface area contributed by atoms with Gasteiger partial charge in [0.25, 0.3) is 5.91 Å². The third-order valence-electron chi connectivity index (χ3n) is 5.23. The number of para-hydroxylation sites is 1. The van der Waals surface area contributed by atoms with E-state index in [9.17, 15) is 4.79 Å². The van der Waals surface area contributed by atoms with Crippen molar-refractivity contribution in [2.45, 2.75) is 26.0 Å². The van der Waals surface area contributed by atoms with Crippen LogP contribution < -0.4 is 10.2 Å². The molecule has 3 aromatic rings. The number of carbonyl (C=O) groups is 1. The topological polar surface area (TPSA) is 53.9 Å². The van der Waals surface area contributed by atoms with E-state index in [1.807, 2.05) is 79.9 Å². The smallest absolute Gasteiger partial charge is 0.279 e. The third-order valence-corrected chi connectivity index (χ3v) is 5.87. The molecule has 0 bridgehead atoms. The SMILES string of the molecule is CSC1=NC(C)(c2ccc(OCc3cccc(C)c3)cc2)C(=O)N1Nc1ccccc1. The first-order chi connectivity index (χ1) is 15.0. The van der Waals surface area contributed by atoms with E-state index in [4.69, 9.17) is 9.73 Å². The van der Waals surface area contributed by atoms with Gasteiger partial charge >= 0.3 is 0 Å². The van der Waals surface area contributed by atoms with Crippen molar-refractivity contribution < 1.29 is 9.53 Å². The maximum absolute atomic E-state index is 13.3. The number of nitrogens with one attached hydrogen (secondary N) is 1. The summed E-state index contributed by atoms with van der Waals surface area (Å²) in [5, 5.41) is 2.17. The molecule has 0 spiro atoms. The second-order valence-electron chi connectivity index (χ2n) is 7.59. The molecule has 31 heavy (non-hydrogen) atoms. The molecule has 1 unspecified atom stereocenters. The van der Waals surface area contributed by atoms with Crippen LogP contribution in [-0.2, 0) is 16.9 Å². The van der Waals surface area contributed by atoms with Gasteiger partial charge in [0, 0.05) is 0 Å². The Hall–Kier alpha value is -3.25. The first-order valence-corrected chi connectivity index (χ1v) is 11.3. The van der Waals surface area contributed by atoms with Crippen LogP contribution in [0, 0.1) is 6.92 Å². The number of amidine groups is 1. The molecular weight excluding hydrogens is 406 g/mol. The average molecular weight is 432 g/mol. The van der Waals surface area contributed by atoms with Crippen LogP contribution in [0.15, 0.2) is 83.9 Å². The molecule has 4 rings (SSSR count). The zero-order valence-electron chi connectivity index (χ0n) is 17.8. The molecule has 5 nitrogen and oxygen atoms in total. The number of anilines is 1. The van der Waals surface area contributed by atoms with Gasteiger partial charge in [-0.3, -0.25) is 10.2 Å². The van der Waals surface area contributed by atoms with Gasteiger partial charge < -0.3 is 4.74 Å². The highest BCUT2D eigenvalue weighted by Gasteiger charge is 2.46. The average Bonchev–Trinajstić information content (AvgIpc) is 3.04. The molecule has 0 fully saturated rings. The summed E-state index contributed by atoms with van der Waals surface area (Å²) in [7, 11) is 0. The first kappa shape index (κ1) is 21.0. The summed E-state index contributed by atoms with van der Waals surface area (Å²) < 4.78 is 5.92. The predicted octanol–water partition coefficient (Wildman–Crippen LogP) is 5.38. The van der Waals surface area contributed by atoms with Crippen molar-refractivity contribution in [1.29, 1.82) is 0 Å². The zero-order valence-corrected chi connectivity index (χ0v) is 18.6. The summed E-state index contributed by atoms with van der Waals surface area (Å²) in [6.45, 7) is 4.42. The summed E-state index contributed by atoms with van der Waals surface area (Å²) in [6.07, 6.45) is 1.92. The van der Waals surface area contributed by atoms with E-state index in [1.165, 1.54) is 22.3 Å². The molecule has 6 heteroatoms. The number of aliphatic imine (C=N–C) groups is 1. The van der Waals surface area contributed by atoms with E-state index in [2.05, 4.69) is 24.5 Å². The molecular formula is C25H25N3O2S. The summed E-state index contributed by atoms with van der Waals surface area (Å²) in [5.74, 6) is 0.641. The second kappa shape index (κ2) is 8.86.